The van der Waals surface area contributed by atoms with Crippen molar-refractivity contribution in [2.75, 3.05) is 13.1 Å². The predicted octanol–water partition coefficient (Wildman–Crippen LogP) is 3.80. The average molecular weight is 229 g/mol. The Morgan fingerprint density at radius 3 is 2.29 bits per heavy atom. The lowest BCUT2D eigenvalue weighted by atomic mass is 9.72. The van der Waals surface area contributed by atoms with E-state index in [2.05, 4.69) is 36.1 Å². The molecule has 2 aliphatic rings. The van der Waals surface area contributed by atoms with E-state index in [1.54, 1.807) is 5.56 Å². The van der Waals surface area contributed by atoms with Gasteiger partial charge in [-0.15, -0.1) is 0 Å². The zero-order valence-electron chi connectivity index (χ0n) is 10.9. The summed E-state index contributed by atoms with van der Waals surface area (Å²) in [4.78, 5) is 2.57. The van der Waals surface area contributed by atoms with Crippen molar-refractivity contribution >= 4 is 0 Å². The van der Waals surface area contributed by atoms with Crippen molar-refractivity contribution in [1.29, 1.82) is 0 Å². The number of hydrogen-bond acceptors (Lipinski definition) is 1. The Kier molecular flexibility index (Phi) is 3.19. The predicted molar refractivity (Wildman–Crippen MR) is 72.1 cm³/mol. The van der Waals surface area contributed by atoms with Crippen LogP contribution in [0.15, 0.2) is 24.3 Å². The highest BCUT2D eigenvalue weighted by atomic mass is 15.1. The molecule has 0 atom stereocenters. The second-order valence-corrected chi connectivity index (χ2v) is 6.00. The fraction of sp³-hybridized carbons (Fsp3) is 0.625. The molecule has 0 aromatic heterocycles. The number of hydrogen-bond donors (Lipinski definition) is 0. The van der Waals surface area contributed by atoms with E-state index in [9.17, 15) is 0 Å². The molecule has 0 radical (unpaired) electrons. The minimum Gasteiger partial charge on any atom is -0.299 e. The minimum absolute atomic E-state index is 0.853. The SMILES string of the molecule is CC1CC(c2ccc(CN3CCCC3)cc2)C1. The van der Waals surface area contributed by atoms with Gasteiger partial charge in [0.1, 0.15) is 0 Å². The summed E-state index contributed by atoms with van der Waals surface area (Å²) in [5.74, 6) is 1.80. The molecule has 1 saturated carbocycles. The van der Waals surface area contributed by atoms with Gasteiger partial charge in [0.05, 0.1) is 0 Å². The summed E-state index contributed by atoms with van der Waals surface area (Å²) < 4.78 is 0. The molecule has 0 unspecified atom stereocenters. The van der Waals surface area contributed by atoms with Crippen molar-refractivity contribution in [3.8, 4) is 0 Å². The van der Waals surface area contributed by atoms with Crippen LogP contribution in [-0.4, -0.2) is 18.0 Å². The molecule has 1 heteroatoms. The molecule has 3 rings (SSSR count). The molecule has 1 aliphatic heterocycles. The number of nitrogens with zero attached hydrogens (tertiary/aromatic N) is 1. The minimum atomic E-state index is 0.853. The Balaban J connectivity index is 1.59. The monoisotopic (exact) mass is 229 g/mol. The fourth-order valence-electron chi connectivity index (χ4n) is 3.27. The van der Waals surface area contributed by atoms with Gasteiger partial charge in [-0.2, -0.15) is 0 Å². The Hall–Kier alpha value is -0.820. The van der Waals surface area contributed by atoms with Crippen LogP contribution >= 0.6 is 0 Å². The largest absolute Gasteiger partial charge is 0.299 e. The van der Waals surface area contributed by atoms with Gasteiger partial charge in [0.25, 0.3) is 0 Å². The molecular formula is C16H23N. The van der Waals surface area contributed by atoms with Crippen LogP contribution in [0.5, 0.6) is 0 Å². The number of benzene rings is 1. The van der Waals surface area contributed by atoms with Gasteiger partial charge in [-0.05, 0) is 61.7 Å². The molecule has 0 bridgehead atoms. The van der Waals surface area contributed by atoms with E-state index in [0.717, 1.165) is 18.4 Å². The van der Waals surface area contributed by atoms with E-state index < -0.39 is 0 Å². The molecule has 0 spiro atoms. The van der Waals surface area contributed by atoms with Crippen molar-refractivity contribution in [3.05, 3.63) is 35.4 Å². The summed E-state index contributed by atoms with van der Waals surface area (Å²) in [6, 6.07) is 9.41. The number of likely N-dealkylation sites (tertiary alicyclic amines) is 1. The average Bonchev–Trinajstić information content (AvgIpc) is 2.79. The molecule has 1 aromatic carbocycles. The molecule has 17 heavy (non-hydrogen) atoms. The first-order valence-electron chi connectivity index (χ1n) is 7.12. The smallest absolute Gasteiger partial charge is 0.0233 e. The summed E-state index contributed by atoms with van der Waals surface area (Å²) in [5.41, 5.74) is 3.05. The normalized spacial score (nSPS) is 29.2. The van der Waals surface area contributed by atoms with Gasteiger partial charge in [-0.3, -0.25) is 4.90 Å². The van der Waals surface area contributed by atoms with Gasteiger partial charge in [0, 0.05) is 6.54 Å². The summed E-state index contributed by atoms with van der Waals surface area (Å²) in [7, 11) is 0. The highest BCUT2D eigenvalue weighted by Crippen LogP contribution is 2.41. The molecule has 1 nitrogen and oxygen atoms in total. The molecule has 92 valence electrons. The third-order valence-corrected chi connectivity index (χ3v) is 4.43. The maximum atomic E-state index is 2.57. The van der Waals surface area contributed by atoms with Gasteiger partial charge in [0.2, 0.25) is 0 Å². The zero-order chi connectivity index (χ0) is 11.7. The molecule has 1 aromatic rings. The summed E-state index contributed by atoms with van der Waals surface area (Å²) >= 11 is 0. The standard InChI is InChI=1S/C16H23N/c1-13-10-16(11-13)15-6-4-14(5-7-15)12-17-8-2-3-9-17/h4-7,13,16H,2-3,8-12H2,1H3. The maximum absolute atomic E-state index is 2.57. The van der Waals surface area contributed by atoms with Crippen molar-refractivity contribution in [2.24, 2.45) is 5.92 Å². The van der Waals surface area contributed by atoms with E-state index in [4.69, 9.17) is 0 Å². The quantitative estimate of drug-likeness (QED) is 0.762. The number of rotatable bonds is 3. The molecule has 0 N–H and O–H groups in total. The van der Waals surface area contributed by atoms with Gasteiger partial charge >= 0.3 is 0 Å². The zero-order valence-corrected chi connectivity index (χ0v) is 10.9. The fourth-order valence-corrected chi connectivity index (χ4v) is 3.27. The third kappa shape index (κ3) is 2.55. The Morgan fingerprint density at radius 1 is 1.06 bits per heavy atom. The summed E-state index contributed by atoms with van der Waals surface area (Å²) in [5, 5.41) is 0. The van der Waals surface area contributed by atoms with Crippen LogP contribution in [0.25, 0.3) is 0 Å². The van der Waals surface area contributed by atoms with Crippen LogP contribution in [0, 0.1) is 5.92 Å². The van der Waals surface area contributed by atoms with E-state index >= 15 is 0 Å². The Labute approximate surface area is 105 Å². The third-order valence-electron chi connectivity index (χ3n) is 4.43. The van der Waals surface area contributed by atoms with Crippen molar-refractivity contribution in [1.82, 2.24) is 4.90 Å². The second-order valence-electron chi connectivity index (χ2n) is 6.00. The van der Waals surface area contributed by atoms with Crippen molar-refractivity contribution < 1.29 is 0 Å². The van der Waals surface area contributed by atoms with Crippen LogP contribution in [0.1, 0.15) is 49.7 Å². The first kappa shape index (κ1) is 11.3. The maximum Gasteiger partial charge on any atom is 0.0233 e. The van der Waals surface area contributed by atoms with Crippen LogP contribution < -0.4 is 0 Å². The summed E-state index contributed by atoms with van der Waals surface area (Å²) in [6.45, 7) is 6.10. The molecule has 1 aliphatic carbocycles. The second kappa shape index (κ2) is 4.81. The van der Waals surface area contributed by atoms with E-state index in [1.165, 1.54) is 44.3 Å². The highest BCUT2D eigenvalue weighted by molar-refractivity contribution is 5.27. The molecule has 2 fully saturated rings. The van der Waals surface area contributed by atoms with Crippen LogP contribution in [0.3, 0.4) is 0 Å². The lowest BCUT2D eigenvalue weighted by molar-refractivity contribution is 0.288. The van der Waals surface area contributed by atoms with Crippen LogP contribution in [-0.2, 0) is 6.54 Å². The topological polar surface area (TPSA) is 3.24 Å². The molecule has 1 heterocycles. The van der Waals surface area contributed by atoms with Gasteiger partial charge in [-0.25, -0.2) is 0 Å². The lowest BCUT2D eigenvalue weighted by Gasteiger charge is -2.33. The van der Waals surface area contributed by atoms with Gasteiger partial charge in [-0.1, -0.05) is 31.2 Å². The Morgan fingerprint density at radius 2 is 1.71 bits per heavy atom. The highest BCUT2D eigenvalue weighted by Gasteiger charge is 2.26. The summed E-state index contributed by atoms with van der Waals surface area (Å²) in [6.07, 6.45) is 5.56. The molecular weight excluding hydrogens is 206 g/mol. The van der Waals surface area contributed by atoms with E-state index in [-0.39, 0.29) is 0 Å². The molecule has 1 saturated heterocycles. The van der Waals surface area contributed by atoms with E-state index in [0.29, 0.717) is 0 Å². The first-order chi connectivity index (χ1) is 8.31. The molecule has 0 amide bonds. The van der Waals surface area contributed by atoms with Crippen molar-refractivity contribution in [2.45, 2.75) is 45.1 Å². The van der Waals surface area contributed by atoms with Crippen LogP contribution in [0.4, 0.5) is 0 Å². The van der Waals surface area contributed by atoms with Crippen LogP contribution in [0.2, 0.25) is 0 Å². The Bertz CT molecular complexity index is 356. The lowest BCUT2D eigenvalue weighted by Crippen LogP contribution is -2.19. The van der Waals surface area contributed by atoms with Gasteiger partial charge < -0.3 is 0 Å². The van der Waals surface area contributed by atoms with Crippen molar-refractivity contribution in [3.63, 3.8) is 0 Å². The van der Waals surface area contributed by atoms with Gasteiger partial charge in [0.15, 0.2) is 0 Å². The first-order valence-corrected chi connectivity index (χ1v) is 7.12. The van der Waals surface area contributed by atoms with E-state index in [1.807, 2.05) is 0 Å².